The minimum Gasteiger partial charge on any atom is -0.477 e. The van der Waals surface area contributed by atoms with Gasteiger partial charge in [-0.3, -0.25) is 4.79 Å². The van der Waals surface area contributed by atoms with Crippen molar-refractivity contribution in [2.45, 2.75) is 24.7 Å². The number of carbonyl (C=O) groups excluding carboxylic acids is 1. The Labute approximate surface area is 120 Å². The maximum atomic E-state index is 12.0. The molecule has 1 aliphatic heterocycles. The zero-order valence-corrected chi connectivity index (χ0v) is 12.4. The molecule has 1 amide bonds. The Hall–Kier alpha value is -1.01. The summed E-state index contributed by atoms with van der Waals surface area (Å²) in [5.74, 6) is 0.220. The number of rotatable bonds is 4. The summed E-state index contributed by atoms with van der Waals surface area (Å²) in [7, 11) is 0. The van der Waals surface area contributed by atoms with Gasteiger partial charge in [0.05, 0.1) is 5.75 Å². The lowest BCUT2D eigenvalue weighted by molar-refractivity contribution is -0.130. The summed E-state index contributed by atoms with van der Waals surface area (Å²) in [4.78, 5) is 25.9. The van der Waals surface area contributed by atoms with Crippen molar-refractivity contribution in [3.05, 3.63) is 16.3 Å². The number of hydrogen-bond acceptors (Lipinski definition) is 4. The van der Waals surface area contributed by atoms with Gasteiger partial charge in [0.25, 0.3) is 0 Å². The maximum absolute atomic E-state index is 12.0. The van der Waals surface area contributed by atoms with Crippen molar-refractivity contribution in [2.24, 2.45) is 5.92 Å². The zero-order chi connectivity index (χ0) is 13.8. The molecular formula is C13H17NO3S2. The molecule has 1 fully saturated rings. The van der Waals surface area contributed by atoms with Crippen molar-refractivity contribution in [2.75, 3.05) is 18.8 Å². The zero-order valence-electron chi connectivity index (χ0n) is 10.8. The molecule has 1 unspecified atom stereocenters. The first-order valence-corrected chi connectivity index (χ1v) is 8.15. The van der Waals surface area contributed by atoms with E-state index >= 15 is 0 Å². The van der Waals surface area contributed by atoms with Gasteiger partial charge in [0.1, 0.15) is 4.88 Å². The van der Waals surface area contributed by atoms with E-state index in [4.69, 9.17) is 5.11 Å². The number of carboxylic acids is 1. The predicted molar refractivity (Wildman–Crippen MR) is 77.0 cm³/mol. The topological polar surface area (TPSA) is 57.6 Å². The van der Waals surface area contributed by atoms with Crippen molar-refractivity contribution in [3.8, 4) is 0 Å². The molecule has 1 aromatic rings. The highest BCUT2D eigenvalue weighted by atomic mass is 32.2. The third-order valence-corrected chi connectivity index (χ3v) is 5.19. The number of thioether (sulfide) groups is 1. The van der Waals surface area contributed by atoms with E-state index in [9.17, 15) is 9.59 Å². The van der Waals surface area contributed by atoms with Gasteiger partial charge in [-0.2, -0.15) is 0 Å². The Morgan fingerprint density at radius 2 is 2.37 bits per heavy atom. The molecule has 1 N–H and O–H groups in total. The van der Waals surface area contributed by atoms with Crippen LogP contribution in [0.25, 0.3) is 0 Å². The van der Waals surface area contributed by atoms with Crippen LogP contribution in [0.15, 0.2) is 16.3 Å². The van der Waals surface area contributed by atoms with Gasteiger partial charge >= 0.3 is 5.97 Å². The summed E-state index contributed by atoms with van der Waals surface area (Å²) in [6.07, 6.45) is 2.28. The largest absolute Gasteiger partial charge is 0.477 e. The van der Waals surface area contributed by atoms with Crippen LogP contribution in [0.2, 0.25) is 0 Å². The summed E-state index contributed by atoms with van der Waals surface area (Å²) < 4.78 is 0. The highest BCUT2D eigenvalue weighted by Gasteiger charge is 2.21. The molecule has 0 aliphatic carbocycles. The first-order chi connectivity index (χ1) is 9.06. The van der Waals surface area contributed by atoms with Crippen molar-refractivity contribution in [3.63, 3.8) is 0 Å². The average Bonchev–Trinajstić information content (AvgIpc) is 2.85. The molecule has 4 nitrogen and oxygen atoms in total. The van der Waals surface area contributed by atoms with Crippen molar-refractivity contribution in [1.82, 2.24) is 4.90 Å². The van der Waals surface area contributed by atoms with Crippen molar-refractivity contribution in [1.29, 1.82) is 0 Å². The fraction of sp³-hybridized carbons (Fsp3) is 0.538. The molecule has 0 spiro atoms. The predicted octanol–water partition coefficient (Wildman–Crippen LogP) is 2.80. The van der Waals surface area contributed by atoms with Crippen LogP contribution in [0.4, 0.5) is 0 Å². The number of carbonyl (C=O) groups is 2. The quantitative estimate of drug-likeness (QED) is 0.869. The summed E-state index contributed by atoms with van der Waals surface area (Å²) in [6, 6.07) is 1.63. The van der Waals surface area contributed by atoms with Crippen LogP contribution in [0.1, 0.15) is 29.4 Å². The molecule has 0 radical (unpaired) electrons. The van der Waals surface area contributed by atoms with Crippen LogP contribution in [0.3, 0.4) is 0 Å². The first-order valence-electron chi connectivity index (χ1n) is 6.28. The van der Waals surface area contributed by atoms with Gasteiger partial charge in [-0.1, -0.05) is 6.92 Å². The third-order valence-electron chi connectivity index (χ3n) is 3.16. The summed E-state index contributed by atoms with van der Waals surface area (Å²) in [6.45, 7) is 3.88. The van der Waals surface area contributed by atoms with Gasteiger partial charge in [-0.15, -0.1) is 23.1 Å². The van der Waals surface area contributed by atoms with E-state index in [2.05, 4.69) is 6.92 Å². The number of aromatic carboxylic acids is 1. The van der Waals surface area contributed by atoms with E-state index in [0.717, 1.165) is 24.4 Å². The molecule has 19 heavy (non-hydrogen) atoms. The van der Waals surface area contributed by atoms with E-state index in [-0.39, 0.29) is 5.91 Å². The number of piperidine rings is 1. The van der Waals surface area contributed by atoms with Gasteiger partial charge in [0.2, 0.25) is 5.91 Å². The van der Waals surface area contributed by atoms with Crippen molar-refractivity contribution < 1.29 is 14.7 Å². The molecule has 104 valence electrons. The second-order valence-electron chi connectivity index (χ2n) is 4.83. The van der Waals surface area contributed by atoms with Gasteiger partial charge in [-0.25, -0.2) is 4.79 Å². The normalized spacial score (nSPS) is 19.4. The molecule has 1 aliphatic rings. The Morgan fingerprint density at radius 3 is 3.00 bits per heavy atom. The van der Waals surface area contributed by atoms with E-state index in [0.29, 0.717) is 16.5 Å². The smallest absolute Gasteiger partial charge is 0.345 e. The molecule has 2 heterocycles. The molecule has 0 saturated carbocycles. The third kappa shape index (κ3) is 3.98. The molecule has 0 bridgehead atoms. The minimum absolute atomic E-state index is 0.152. The molecule has 0 aromatic carbocycles. The van der Waals surface area contributed by atoms with Crippen LogP contribution in [-0.4, -0.2) is 40.7 Å². The molecule has 1 atom stereocenters. The minimum atomic E-state index is -0.909. The van der Waals surface area contributed by atoms with Gasteiger partial charge < -0.3 is 10.0 Å². The van der Waals surface area contributed by atoms with E-state index < -0.39 is 5.97 Å². The molecule has 2 rings (SSSR count). The summed E-state index contributed by atoms with van der Waals surface area (Å²) in [5, 5.41) is 10.6. The van der Waals surface area contributed by atoms with Gasteiger partial charge in [-0.05, 0) is 24.8 Å². The summed E-state index contributed by atoms with van der Waals surface area (Å²) >= 11 is 2.62. The lowest BCUT2D eigenvalue weighted by atomic mass is 10.0. The standard InChI is InChI=1S/C13H17NO3S2/c1-9-3-2-4-14(6-9)12(15)8-18-10-5-11(13(16)17)19-7-10/h5,7,9H,2-4,6,8H2,1H3,(H,16,17). The van der Waals surface area contributed by atoms with E-state index in [1.165, 1.54) is 29.5 Å². The highest BCUT2D eigenvalue weighted by Crippen LogP contribution is 2.25. The Bertz CT molecular complexity index is 472. The number of nitrogens with zero attached hydrogens (tertiary/aromatic N) is 1. The number of likely N-dealkylation sites (tertiary alicyclic amines) is 1. The Morgan fingerprint density at radius 1 is 1.58 bits per heavy atom. The van der Waals surface area contributed by atoms with Gasteiger partial charge in [0.15, 0.2) is 0 Å². The van der Waals surface area contributed by atoms with Crippen LogP contribution in [0, 0.1) is 5.92 Å². The molecule has 1 aromatic heterocycles. The van der Waals surface area contributed by atoms with Crippen LogP contribution in [0.5, 0.6) is 0 Å². The highest BCUT2D eigenvalue weighted by molar-refractivity contribution is 8.00. The lowest BCUT2D eigenvalue weighted by Gasteiger charge is -2.30. The van der Waals surface area contributed by atoms with Gasteiger partial charge in [0, 0.05) is 23.4 Å². The van der Waals surface area contributed by atoms with E-state index in [1.807, 2.05) is 4.90 Å². The summed E-state index contributed by atoms with van der Waals surface area (Å²) in [5.41, 5.74) is 0. The van der Waals surface area contributed by atoms with Crippen LogP contribution < -0.4 is 0 Å². The van der Waals surface area contributed by atoms with Crippen molar-refractivity contribution >= 4 is 35.0 Å². The maximum Gasteiger partial charge on any atom is 0.345 e. The number of amides is 1. The molecular weight excluding hydrogens is 282 g/mol. The van der Waals surface area contributed by atoms with E-state index in [1.54, 1.807) is 11.4 Å². The second kappa shape index (κ2) is 6.43. The van der Waals surface area contributed by atoms with Crippen LogP contribution >= 0.6 is 23.1 Å². The fourth-order valence-electron chi connectivity index (χ4n) is 2.16. The molecule has 1 saturated heterocycles. The number of thiophene rings is 1. The SMILES string of the molecule is CC1CCCN(C(=O)CSc2csc(C(=O)O)c2)C1. The average molecular weight is 299 g/mol. The monoisotopic (exact) mass is 299 g/mol. The fourth-order valence-corrected chi connectivity index (χ4v) is 3.93. The Balaban J connectivity index is 1.84. The molecule has 6 heteroatoms. The Kier molecular flexibility index (Phi) is 4.87. The second-order valence-corrected chi connectivity index (χ2v) is 6.79. The van der Waals surface area contributed by atoms with Crippen LogP contribution in [-0.2, 0) is 4.79 Å². The first kappa shape index (κ1) is 14.4. The number of hydrogen-bond donors (Lipinski definition) is 1. The number of carboxylic acid groups (broad SMARTS) is 1. The lowest BCUT2D eigenvalue weighted by Crippen LogP contribution is -2.40.